The zero-order chi connectivity index (χ0) is 20.6. The van der Waals surface area contributed by atoms with E-state index in [9.17, 15) is 14.4 Å². The van der Waals surface area contributed by atoms with E-state index >= 15 is 0 Å². The molecule has 3 rings (SSSR count). The van der Waals surface area contributed by atoms with Gasteiger partial charge in [-0.15, -0.1) is 0 Å². The van der Waals surface area contributed by atoms with Crippen LogP contribution in [0.1, 0.15) is 48.2 Å². The van der Waals surface area contributed by atoms with Gasteiger partial charge in [-0.3, -0.25) is 14.4 Å². The molecule has 0 bridgehead atoms. The topological polar surface area (TPSA) is 99.9 Å². The van der Waals surface area contributed by atoms with Crippen molar-refractivity contribution < 1.29 is 23.9 Å². The summed E-state index contributed by atoms with van der Waals surface area (Å²) in [7, 11) is 0. The number of nitrogens with zero attached hydrogens (tertiary/aromatic N) is 1. The van der Waals surface area contributed by atoms with Crippen molar-refractivity contribution in [3.8, 4) is 0 Å². The summed E-state index contributed by atoms with van der Waals surface area (Å²) < 4.78 is 5.21. The van der Waals surface area contributed by atoms with Crippen LogP contribution < -0.4 is 5.32 Å². The minimum absolute atomic E-state index is 0.0303. The fraction of sp³-hybridized carbons (Fsp3) is 0.409. The molecule has 29 heavy (non-hydrogen) atoms. The number of amides is 2. The first-order valence-electron chi connectivity index (χ1n) is 9.95. The van der Waals surface area contributed by atoms with Crippen molar-refractivity contribution in [2.75, 3.05) is 6.54 Å². The molecule has 0 radical (unpaired) electrons. The Balaban J connectivity index is 1.70. The number of benzene rings is 1. The molecule has 0 spiro atoms. The molecule has 2 amide bonds. The molecule has 2 N–H and O–H groups in total. The number of carbonyl (C=O) groups excluding carboxylic acids is 2. The zero-order valence-corrected chi connectivity index (χ0v) is 16.3. The van der Waals surface area contributed by atoms with E-state index in [1.807, 2.05) is 30.3 Å². The molecule has 1 aromatic heterocycles. The number of rotatable bonds is 8. The van der Waals surface area contributed by atoms with E-state index < -0.39 is 12.0 Å². The number of piperidine rings is 1. The fourth-order valence-corrected chi connectivity index (χ4v) is 3.71. The number of aliphatic carboxylic acids is 1. The Morgan fingerprint density at radius 3 is 2.62 bits per heavy atom. The lowest BCUT2D eigenvalue weighted by atomic mass is 9.98. The van der Waals surface area contributed by atoms with Gasteiger partial charge in [-0.25, -0.2) is 0 Å². The normalized spacial score (nSPS) is 17.5. The monoisotopic (exact) mass is 398 g/mol. The number of likely N-dealkylation sites (tertiary alicyclic amines) is 1. The van der Waals surface area contributed by atoms with Gasteiger partial charge >= 0.3 is 5.97 Å². The van der Waals surface area contributed by atoms with Crippen LogP contribution >= 0.6 is 0 Å². The summed E-state index contributed by atoms with van der Waals surface area (Å²) in [6, 6.07) is 12.0. The van der Waals surface area contributed by atoms with Crippen LogP contribution in [-0.2, 0) is 16.0 Å². The molecule has 1 saturated heterocycles. The second-order valence-corrected chi connectivity index (χ2v) is 7.32. The Morgan fingerprint density at radius 1 is 1.14 bits per heavy atom. The Morgan fingerprint density at radius 2 is 1.93 bits per heavy atom. The molecule has 2 atom stereocenters. The number of nitrogens with one attached hydrogen (secondary N) is 1. The van der Waals surface area contributed by atoms with Crippen LogP contribution in [0.3, 0.4) is 0 Å². The summed E-state index contributed by atoms with van der Waals surface area (Å²) in [5, 5.41) is 12.0. The maximum Gasteiger partial charge on any atom is 0.303 e. The molecule has 7 nitrogen and oxygen atoms in total. The number of furan rings is 1. The molecule has 2 aromatic rings. The third-order valence-corrected chi connectivity index (χ3v) is 5.18. The summed E-state index contributed by atoms with van der Waals surface area (Å²) in [6.07, 6.45) is 4.55. The largest absolute Gasteiger partial charge is 0.481 e. The van der Waals surface area contributed by atoms with E-state index in [1.54, 1.807) is 17.0 Å². The predicted molar refractivity (Wildman–Crippen MR) is 106 cm³/mol. The van der Waals surface area contributed by atoms with E-state index in [2.05, 4.69) is 5.32 Å². The van der Waals surface area contributed by atoms with Crippen LogP contribution in [-0.4, -0.2) is 46.4 Å². The van der Waals surface area contributed by atoms with Crippen molar-refractivity contribution in [2.24, 2.45) is 0 Å². The predicted octanol–water partition coefficient (Wildman–Crippen LogP) is 2.87. The fourth-order valence-electron chi connectivity index (χ4n) is 3.71. The molecule has 154 valence electrons. The highest BCUT2D eigenvalue weighted by Crippen LogP contribution is 2.21. The van der Waals surface area contributed by atoms with Crippen LogP contribution in [0.4, 0.5) is 0 Å². The second-order valence-electron chi connectivity index (χ2n) is 7.32. The van der Waals surface area contributed by atoms with Gasteiger partial charge in [0.1, 0.15) is 6.04 Å². The maximum atomic E-state index is 13.0. The first-order valence-corrected chi connectivity index (χ1v) is 9.95. The lowest BCUT2D eigenvalue weighted by Gasteiger charge is -2.35. The van der Waals surface area contributed by atoms with Gasteiger partial charge in [0, 0.05) is 19.0 Å². The van der Waals surface area contributed by atoms with Crippen molar-refractivity contribution in [3.05, 3.63) is 60.1 Å². The Hall–Kier alpha value is -3.09. The Kier molecular flexibility index (Phi) is 7.05. The third kappa shape index (κ3) is 5.70. The van der Waals surface area contributed by atoms with E-state index in [0.29, 0.717) is 25.8 Å². The number of carbonyl (C=O) groups is 3. The SMILES string of the molecule is O=C(O)CCC(Cc1ccccc1)NC(=O)C1CCCCN1C(=O)c1ccco1. The van der Waals surface area contributed by atoms with Gasteiger partial charge in [0.15, 0.2) is 5.76 Å². The third-order valence-electron chi connectivity index (χ3n) is 5.18. The molecule has 1 aliphatic rings. The van der Waals surface area contributed by atoms with Crippen molar-refractivity contribution in [3.63, 3.8) is 0 Å². The summed E-state index contributed by atoms with van der Waals surface area (Å²) in [4.78, 5) is 38.4. The molecule has 2 unspecified atom stereocenters. The number of carboxylic acid groups (broad SMARTS) is 1. The molecule has 2 heterocycles. The molecule has 1 aliphatic heterocycles. The van der Waals surface area contributed by atoms with Gasteiger partial charge in [0.25, 0.3) is 5.91 Å². The molecule has 7 heteroatoms. The van der Waals surface area contributed by atoms with Gasteiger partial charge in [-0.2, -0.15) is 0 Å². The second kappa shape index (κ2) is 9.91. The molecular weight excluding hydrogens is 372 g/mol. The number of carboxylic acids is 1. The average molecular weight is 398 g/mol. The van der Waals surface area contributed by atoms with Gasteiger partial charge in [0.05, 0.1) is 6.26 Å². The van der Waals surface area contributed by atoms with Gasteiger partial charge in [0.2, 0.25) is 5.91 Å². The number of hydrogen-bond acceptors (Lipinski definition) is 4. The maximum absolute atomic E-state index is 13.0. The quantitative estimate of drug-likeness (QED) is 0.712. The van der Waals surface area contributed by atoms with E-state index in [-0.39, 0.29) is 30.0 Å². The van der Waals surface area contributed by atoms with Crippen molar-refractivity contribution in [1.82, 2.24) is 10.2 Å². The average Bonchev–Trinajstić information content (AvgIpc) is 3.27. The first-order chi connectivity index (χ1) is 14.0. The molecule has 0 saturated carbocycles. The molecule has 1 fully saturated rings. The minimum atomic E-state index is -0.899. The van der Waals surface area contributed by atoms with Crippen molar-refractivity contribution in [2.45, 2.75) is 50.6 Å². The summed E-state index contributed by atoms with van der Waals surface area (Å²) in [6.45, 7) is 0.496. The van der Waals surface area contributed by atoms with E-state index in [0.717, 1.165) is 18.4 Å². The summed E-state index contributed by atoms with van der Waals surface area (Å²) in [5.41, 5.74) is 1.02. The van der Waals surface area contributed by atoms with Gasteiger partial charge in [-0.1, -0.05) is 30.3 Å². The van der Waals surface area contributed by atoms with Crippen LogP contribution in [0.5, 0.6) is 0 Å². The standard InChI is InChI=1S/C22H26N2O5/c25-20(26)12-11-17(15-16-7-2-1-3-8-16)23-21(27)18-9-4-5-13-24(18)22(28)19-10-6-14-29-19/h1-3,6-8,10,14,17-18H,4-5,9,11-13,15H2,(H,23,27)(H,25,26). The first kappa shape index (κ1) is 20.6. The van der Waals surface area contributed by atoms with Crippen LogP contribution in [0.2, 0.25) is 0 Å². The van der Waals surface area contributed by atoms with Crippen molar-refractivity contribution in [1.29, 1.82) is 0 Å². The van der Waals surface area contributed by atoms with Crippen LogP contribution in [0.25, 0.3) is 0 Å². The lowest BCUT2D eigenvalue weighted by molar-refractivity contribution is -0.137. The molecular formula is C22H26N2O5. The summed E-state index contributed by atoms with van der Waals surface area (Å²) >= 11 is 0. The van der Waals surface area contributed by atoms with Crippen LogP contribution in [0.15, 0.2) is 53.1 Å². The van der Waals surface area contributed by atoms with Gasteiger partial charge in [-0.05, 0) is 49.8 Å². The molecule has 0 aliphatic carbocycles. The minimum Gasteiger partial charge on any atom is -0.481 e. The van der Waals surface area contributed by atoms with E-state index in [4.69, 9.17) is 9.52 Å². The van der Waals surface area contributed by atoms with Gasteiger partial charge < -0.3 is 19.7 Å². The Labute approximate surface area is 169 Å². The van der Waals surface area contributed by atoms with Crippen molar-refractivity contribution >= 4 is 17.8 Å². The van der Waals surface area contributed by atoms with Crippen LogP contribution in [0, 0.1) is 0 Å². The Bertz CT molecular complexity index is 819. The highest BCUT2D eigenvalue weighted by molar-refractivity contribution is 5.95. The van der Waals surface area contributed by atoms with E-state index in [1.165, 1.54) is 6.26 Å². The molecule has 1 aromatic carbocycles. The number of hydrogen-bond donors (Lipinski definition) is 2. The highest BCUT2D eigenvalue weighted by atomic mass is 16.4. The zero-order valence-electron chi connectivity index (χ0n) is 16.3. The smallest absolute Gasteiger partial charge is 0.303 e. The highest BCUT2D eigenvalue weighted by Gasteiger charge is 2.34. The summed E-state index contributed by atoms with van der Waals surface area (Å²) in [5.74, 6) is -1.21. The lowest BCUT2D eigenvalue weighted by Crippen LogP contribution is -2.54.